The number of hydrogen-bond donors (Lipinski definition) is 1. The maximum Gasteiger partial charge on any atom is 0.358 e. The lowest BCUT2D eigenvalue weighted by Gasteiger charge is -2.36. The van der Waals surface area contributed by atoms with E-state index in [0.29, 0.717) is 0 Å². The van der Waals surface area contributed by atoms with E-state index in [9.17, 15) is 14.7 Å². The third kappa shape index (κ3) is 3.52. The number of aromatic carboxylic acids is 1. The molecule has 1 aromatic heterocycles. The molecule has 6 nitrogen and oxygen atoms in total. The summed E-state index contributed by atoms with van der Waals surface area (Å²) in [6.45, 7) is 13.7. The summed E-state index contributed by atoms with van der Waals surface area (Å²) in [5.74, 6) is -1.40. The third-order valence-electron chi connectivity index (χ3n) is 3.88. The van der Waals surface area contributed by atoms with Crippen molar-refractivity contribution in [3.63, 3.8) is 0 Å². The van der Waals surface area contributed by atoms with Crippen LogP contribution in [0.15, 0.2) is 11.1 Å². The van der Waals surface area contributed by atoms with E-state index in [-0.39, 0.29) is 22.5 Å². The van der Waals surface area contributed by atoms with Gasteiger partial charge >= 0.3 is 5.97 Å². The Morgan fingerprint density at radius 1 is 1.38 bits per heavy atom. The van der Waals surface area contributed by atoms with Crippen LogP contribution in [-0.4, -0.2) is 28.9 Å². The summed E-state index contributed by atoms with van der Waals surface area (Å²) < 4.78 is 7.33. The minimum Gasteiger partial charge on any atom is -0.538 e. The molecule has 21 heavy (non-hydrogen) atoms. The number of aromatic nitrogens is 2. The van der Waals surface area contributed by atoms with Gasteiger partial charge in [-0.05, 0) is 32.0 Å². The summed E-state index contributed by atoms with van der Waals surface area (Å²) in [7, 11) is -2.33. The average Bonchev–Trinajstić information content (AvgIpc) is 2.28. The van der Waals surface area contributed by atoms with Gasteiger partial charge in [-0.2, -0.15) is 0 Å². The third-order valence-corrected chi connectivity index (χ3v) is 8.20. The van der Waals surface area contributed by atoms with Gasteiger partial charge in [0.05, 0.1) is 6.33 Å². The molecule has 0 aliphatic carbocycles. The van der Waals surface area contributed by atoms with Gasteiger partial charge in [0.1, 0.15) is 0 Å². The number of carboxylic acid groups (broad SMARTS) is 1. The van der Waals surface area contributed by atoms with E-state index in [4.69, 9.17) is 4.43 Å². The van der Waals surface area contributed by atoms with Crippen LogP contribution in [0.3, 0.4) is 0 Å². The molecule has 7 heteroatoms. The van der Waals surface area contributed by atoms with Crippen molar-refractivity contribution in [2.75, 3.05) is 0 Å². The lowest BCUT2D eigenvalue weighted by atomic mass is 10.2. The molecule has 1 rings (SSSR count). The summed E-state index contributed by atoms with van der Waals surface area (Å²) in [4.78, 5) is 27.7. The van der Waals surface area contributed by atoms with Crippen LogP contribution in [0.4, 0.5) is 0 Å². The lowest BCUT2D eigenvalue weighted by molar-refractivity contribution is 0.0687. The van der Waals surface area contributed by atoms with Crippen LogP contribution in [0.5, 0.6) is 5.75 Å². The van der Waals surface area contributed by atoms with Gasteiger partial charge in [0.25, 0.3) is 13.9 Å². The minimum atomic E-state index is -2.33. The second-order valence-electron chi connectivity index (χ2n) is 6.90. The minimum absolute atomic E-state index is 0.116. The molecule has 1 N–H and O–H groups in total. The lowest BCUT2D eigenvalue weighted by Crippen LogP contribution is -2.46. The molecular formula is C14H24N2O4Si. The maximum absolute atomic E-state index is 12.5. The Bertz CT molecular complexity index is 600. The van der Waals surface area contributed by atoms with Gasteiger partial charge in [-0.1, -0.05) is 20.8 Å². The highest BCUT2D eigenvalue weighted by Gasteiger charge is 2.40. The second kappa shape index (κ2) is 5.63. The Balaban J connectivity index is 3.49. The molecule has 0 spiro atoms. The van der Waals surface area contributed by atoms with Gasteiger partial charge in [-0.15, -0.1) is 0 Å². The number of hydrogen-bond acceptors (Lipinski definition) is 4. The highest BCUT2D eigenvalue weighted by Crippen LogP contribution is 2.37. The van der Waals surface area contributed by atoms with Gasteiger partial charge in [-0.25, -0.2) is 9.78 Å². The first-order valence-electron chi connectivity index (χ1n) is 6.92. The monoisotopic (exact) mass is 312 g/mol. The van der Waals surface area contributed by atoms with Crippen molar-refractivity contribution >= 4 is 14.3 Å². The number of rotatable bonds is 4. The molecule has 0 unspecified atom stereocenters. The van der Waals surface area contributed by atoms with Crippen molar-refractivity contribution in [3.8, 4) is 5.75 Å². The molecule has 118 valence electrons. The van der Waals surface area contributed by atoms with E-state index in [1.807, 2.05) is 47.7 Å². The Kier molecular flexibility index (Phi) is 4.67. The smallest absolute Gasteiger partial charge is 0.358 e. The molecule has 0 bridgehead atoms. The molecule has 1 aromatic rings. The van der Waals surface area contributed by atoms with Crippen molar-refractivity contribution < 1.29 is 14.3 Å². The molecule has 0 fully saturated rings. The Morgan fingerprint density at radius 3 is 2.29 bits per heavy atom. The quantitative estimate of drug-likeness (QED) is 0.864. The summed E-state index contributed by atoms with van der Waals surface area (Å²) in [5.41, 5.74) is -0.760. The predicted octanol–water partition coefficient (Wildman–Crippen LogP) is 2.91. The highest BCUT2D eigenvalue weighted by atomic mass is 28.4. The number of nitrogens with zero attached hydrogens (tertiary/aromatic N) is 2. The van der Waals surface area contributed by atoms with Crippen molar-refractivity contribution in [2.24, 2.45) is 0 Å². The zero-order valence-electron chi connectivity index (χ0n) is 13.7. The van der Waals surface area contributed by atoms with E-state index in [1.54, 1.807) is 0 Å². The van der Waals surface area contributed by atoms with Crippen LogP contribution in [0.2, 0.25) is 18.1 Å². The standard InChI is InChI=1S/C14H24N2O4Si/c1-9(2)16-8-15-10(13(18)19)11(12(16)17)20-21(6,7)14(3,4)5/h8-9H,1-7H3,(H,18,19). The fourth-order valence-electron chi connectivity index (χ4n) is 1.47. The molecule has 0 saturated carbocycles. The highest BCUT2D eigenvalue weighted by molar-refractivity contribution is 6.74. The SMILES string of the molecule is CC(C)n1cnc(C(=O)O)c(O[Si](C)(C)C(C)(C)C)c1=O. The van der Waals surface area contributed by atoms with E-state index in [2.05, 4.69) is 4.98 Å². The first kappa shape index (κ1) is 17.4. The van der Waals surface area contributed by atoms with Crippen LogP contribution in [0, 0.1) is 0 Å². The Morgan fingerprint density at radius 2 is 1.90 bits per heavy atom. The molecule has 0 saturated heterocycles. The Labute approximate surface area is 125 Å². The van der Waals surface area contributed by atoms with Crippen LogP contribution in [0.25, 0.3) is 0 Å². The van der Waals surface area contributed by atoms with Crippen molar-refractivity contribution in [1.82, 2.24) is 9.55 Å². The molecule has 0 aliphatic heterocycles. The molecule has 0 amide bonds. The summed E-state index contributed by atoms with van der Waals surface area (Å²) in [6, 6.07) is -0.116. The molecule has 0 aliphatic rings. The zero-order valence-corrected chi connectivity index (χ0v) is 14.7. The van der Waals surface area contributed by atoms with Gasteiger partial charge in [0.15, 0.2) is 5.69 Å². The second-order valence-corrected chi connectivity index (χ2v) is 11.6. The van der Waals surface area contributed by atoms with E-state index in [1.165, 1.54) is 10.9 Å². The fourth-order valence-corrected chi connectivity index (χ4v) is 2.47. The number of carbonyl (C=O) groups is 1. The summed E-state index contributed by atoms with van der Waals surface area (Å²) in [6.07, 6.45) is 1.26. The van der Waals surface area contributed by atoms with Crippen LogP contribution >= 0.6 is 0 Å². The maximum atomic E-state index is 12.5. The molecule has 0 atom stereocenters. The van der Waals surface area contributed by atoms with Crippen LogP contribution in [0.1, 0.15) is 51.1 Å². The first-order valence-corrected chi connectivity index (χ1v) is 9.82. The summed E-state index contributed by atoms with van der Waals surface area (Å²) >= 11 is 0. The van der Waals surface area contributed by atoms with Crippen LogP contribution < -0.4 is 9.99 Å². The largest absolute Gasteiger partial charge is 0.538 e. The fraction of sp³-hybridized carbons (Fsp3) is 0.643. The van der Waals surface area contributed by atoms with E-state index < -0.39 is 19.8 Å². The molecule has 1 heterocycles. The van der Waals surface area contributed by atoms with Crippen molar-refractivity contribution in [2.45, 2.75) is 58.8 Å². The summed E-state index contributed by atoms with van der Waals surface area (Å²) in [5, 5.41) is 9.10. The average molecular weight is 312 g/mol. The number of carboxylic acids is 1. The van der Waals surface area contributed by atoms with Gasteiger partial charge < -0.3 is 9.53 Å². The van der Waals surface area contributed by atoms with Crippen LogP contribution in [-0.2, 0) is 0 Å². The van der Waals surface area contributed by atoms with Gasteiger partial charge in [0, 0.05) is 6.04 Å². The predicted molar refractivity (Wildman–Crippen MR) is 83.7 cm³/mol. The van der Waals surface area contributed by atoms with Crippen molar-refractivity contribution in [1.29, 1.82) is 0 Å². The molecular weight excluding hydrogens is 288 g/mol. The van der Waals surface area contributed by atoms with Gasteiger partial charge in [-0.3, -0.25) is 9.36 Å². The van der Waals surface area contributed by atoms with Gasteiger partial charge in [0.2, 0.25) is 5.75 Å². The van der Waals surface area contributed by atoms with E-state index in [0.717, 1.165) is 0 Å². The zero-order chi connectivity index (χ0) is 16.6. The first-order chi connectivity index (χ1) is 9.38. The molecule has 0 aromatic carbocycles. The molecule has 0 radical (unpaired) electrons. The van der Waals surface area contributed by atoms with E-state index >= 15 is 0 Å². The normalized spacial score (nSPS) is 12.6. The van der Waals surface area contributed by atoms with Crippen molar-refractivity contribution in [3.05, 3.63) is 22.4 Å². The Hall–Kier alpha value is -1.63. The topological polar surface area (TPSA) is 81.4 Å².